The molecule has 1 saturated carbocycles. The maximum Gasteiger partial charge on any atom is 0.280 e. The second kappa shape index (κ2) is 10.8. The summed E-state index contributed by atoms with van der Waals surface area (Å²) >= 11 is 13.3. The quantitative estimate of drug-likeness (QED) is 0.397. The average molecular weight is 493 g/mol. The Kier molecular flexibility index (Phi) is 7.89. The van der Waals surface area contributed by atoms with Gasteiger partial charge in [-0.2, -0.15) is 0 Å². The number of hydrogen-bond donors (Lipinski definition) is 2. The van der Waals surface area contributed by atoms with E-state index >= 15 is 0 Å². The molecule has 1 amide bonds. The van der Waals surface area contributed by atoms with Crippen molar-refractivity contribution >= 4 is 50.7 Å². The minimum absolute atomic E-state index is 0.111. The zero-order valence-electron chi connectivity index (χ0n) is 17.6. The maximum atomic E-state index is 12.6. The molecule has 1 aromatic heterocycles. The molecule has 0 radical (unpaired) electrons. The molecule has 1 heterocycles. The highest BCUT2D eigenvalue weighted by Gasteiger charge is 2.24. The molecule has 2 N–H and O–H groups in total. The van der Waals surface area contributed by atoms with Gasteiger partial charge in [-0.3, -0.25) is 4.79 Å². The van der Waals surface area contributed by atoms with E-state index in [0.717, 1.165) is 42.3 Å². The van der Waals surface area contributed by atoms with Crippen LogP contribution in [-0.4, -0.2) is 34.8 Å². The second-order valence-corrected chi connectivity index (χ2v) is 10.2. The van der Waals surface area contributed by atoms with Gasteiger partial charge in [-0.05, 0) is 86.9 Å². The SMILES string of the molecule is O=C(NC1CCC(CCC(O)COc2ccc(Cl)cc2)CC1)c1nc2cc(Cl)ccc2s1. The van der Waals surface area contributed by atoms with Gasteiger partial charge >= 0.3 is 0 Å². The van der Waals surface area contributed by atoms with Crippen molar-refractivity contribution in [3.05, 3.63) is 57.5 Å². The van der Waals surface area contributed by atoms with E-state index in [2.05, 4.69) is 10.3 Å². The maximum absolute atomic E-state index is 12.6. The standard InChI is InChI=1S/C24H26Cl2N2O3S/c25-16-4-10-20(11-5-16)31-14-19(29)9-3-15-1-7-18(8-2-15)27-23(30)24-28-21-13-17(26)6-12-22(21)32-24/h4-6,10-13,15,18-19,29H,1-3,7-9,14H2,(H,27,30). The molecule has 1 atom stereocenters. The van der Waals surface area contributed by atoms with Crippen LogP contribution in [0.4, 0.5) is 0 Å². The summed E-state index contributed by atoms with van der Waals surface area (Å²) in [5, 5.41) is 15.1. The van der Waals surface area contributed by atoms with Crippen LogP contribution in [0.15, 0.2) is 42.5 Å². The highest BCUT2D eigenvalue weighted by Crippen LogP contribution is 2.29. The summed E-state index contributed by atoms with van der Waals surface area (Å²) in [6.45, 7) is 0.278. The summed E-state index contributed by atoms with van der Waals surface area (Å²) < 4.78 is 6.59. The predicted octanol–water partition coefficient (Wildman–Crippen LogP) is 6.11. The molecule has 0 saturated heterocycles. The number of aliphatic hydroxyl groups is 1. The lowest BCUT2D eigenvalue weighted by Gasteiger charge is -2.29. The fraction of sp³-hybridized carbons (Fsp3) is 0.417. The van der Waals surface area contributed by atoms with E-state index < -0.39 is 6.10 Å². The molecule has 0 spiro atoms. The molecular formula is C24H26Cl2N2O3S. The Labute approximate surface area is 201 Å². The molecule has 0 aliphatic heterocycles. The molecule has 1 aliphatic carbocycles. The Morgan fingerprint density at radius 3 is 2.59 bits per heavy atom. The van der Waals surface area contributed by atoms with Gasteiger partial charge in [0, 0.05) is 16.1 Å². The summed E-state index contributed by atoms with van der Waals surface area (Å²) in [4.78, 5) is 17.0. The normalized spacial score (nSPS) is 19.6. The molecular weight excluding hydrogens is 467 g/mol. The first-order chi connectivity index (χ1) is 15.5. The first kappa shape index (κ1) is 23.3. The first-order valence-electron chi connectivity index (χ1n) is 10.9. The molecule has 1 unspecified atom stereocenters. The van der Waals surface area contributed by atoms with E-state index in [1.165, 1.54) is 11.3 Å². The minimum Gasteiger partial charge on any atom is -0.491 e. The van der Waals surface area contributed by atoms with Gasteiger partial charge in [0.1, 0.15) is 12.4 Å². The number of rotatable bonds is 8. The topological polar surface area (TPSA) is 71.5 Å². The number of amides is 1. The van der Waals surface area contributed by atoms with Gasteiger partial charge in [0.15, 0.2) is 5.01 Å². The molecule has 5 nitrogen and oxygen atoms in total. The number of ether oxygens (including phenoxy) is 1. The van der Waals surface area contributed by atoms with Crippen molar-refractivity contribution in [3.8, 4) is 5.75 Å². The highest BCUT2D eigenvalue weighted by atomic mass is 35.5. The van der Waals surface area contributed by atoms with Crippen LogP contribution >= 0.6 is 34.5 Å². The number of nitrogens with zero attached hydrogens (tertiary/aromatic N) is 1. The van der Waals surface area contributed by atoms with E-state index in [9.17, 15) is 9.90 Å². The lowest BCUT2D eigenvalue weighted by Crippen LogP contribution is -2.37. The third-order valence-electron chi connectivity index (χ3n) is 5.89. The molecule has 1 fully saturated rings. The second-order valence-electron chi connectivity index (χ2n) is 8.32. The van der Waals surface area contributed by atoms with Gasteiger partial charge in [0.2, 0.25) is 0 Å². The number of aliphatic hydroxyl groups excluding tert-OH is 1. The Hall–Kier alpha value is -1.86. The summed E-state index contributed by atoms with van der Waals surface area (Å²) in [6.07, 6.45) is 5.18. The van der Waals surface area contributed by atoms with Crippen LogP contribution in [-0.2, 0) is 0 Å². The van der Waals surface area contributed by atoms with Crippen LogP contribution in [0, 0.1) is 5.92 Å². The number of halogens is 2. The lowest BCUT2D eigenvalue weighted by molar-refractivity contribution is 0.0877. The number of fused-ring (bicyclic) bond motifs is 1. The van der Waals surface area contributed by atoms with E-state index in [4.69, 9.17) is 27.9 Å². The molecule has 170 valence electrons. The molecule has 2 aromatic carbocycles. The van der Waals surface area contributed by atoms with E-state index in [-0.39, 0.29) is 18.6 Å². The molecule has 1 aliphatic rings. The largest absolute Gasteiger partial charge is 0.491 e. The number of benzene rings is 2. The minimum atomic E-state index is -0.490. The first-order valence-corrected chi connectivity index (χ1v) is 12.5. The monoisotopic (exact) mass is 492 g/mol. The lowest BCUT2D eigenvalue weighted by atomic mass is 9.83. The van der Waals surface area contributed by atoms with E-state index in [1.807, 2.05) is 12.1 Å². The predicted molar refractivity (Wildman–Crippen MR) is 130 cm³/mol. The van der Waals surface area contributed by atoms with Crippen LogP contribution in [0.1, 0.15) is 48.3 Å². The third-order valence-corrected chi connectivity index (χ3v) is 7.41. The van der Waals surface area contributed by atoms with Crippen molar-refractivity contribution in [1.29, 1.82) is 0 Å². The average Bonchev–Trinajstić information content (AvgIpc) is 3.21. The number of thiazole rings is 1. The van der Waals surface area contributed by atoms with Crippen molar-refractivity contribution < 1.29 is 14.6 Å². The van der Waals surface area contributed by atoms with Crippen molar-refractivity contribution in [1.82, 2.24) is 10.3 Å². The number of hydrogen-bond acceptors (Lipinski definition) is 5. The van der Waals surface area contributed by atoms with Crippen molar-refractivity contribution in [2.75, 3.05) is 6.61 Å². The Balaban J connectivity index is 1.16. The number of aromatic nitrogens is 1. The zero-order chi connectivity index (χ0) is 22.5. The Morgan fingerprint density at radius 2 is 1.84 bits per heavy atom. The third kappa shape index (κ3) is 6.35. The van der Waals surface area contributed by atoms with Gasteiger partial charge in [-0.1, -0.05) is 23.2 Å². The van der Waals surface area contributed by atoms with Gasteiger partial charge in [0.25, 0.3) is 5.91 Å². The number of carbonyl (C=O) groups is 1. The Morgan fingerprint density at radius 1 is 1.12 bits per heavy atom. The molecule has 32 heavy (non-hydrogen) atoms. The van der Waals surface area contributed by atoms with Crippen molar-refractivity contribution in [2.45, 2.75) is 50.7 Å². The summed E-state index contributed by atoms with van der Waals surface area (Å²) in [6, 6.07) is 12.8. The summed E-state index contributed by atoms with van der Waals surface area (Å²) in [7, 11) is 0. The van der Waals surface area contributed by atoms with Gasteiger partial charge < -0.3 is 15.2 Å². The molecule has 8 heteroatoms. The van der Waals surface area contributed by atoms with E-state index in [0.29, 0.717) is 33.1 Å². The summed E-state index contributed by atoms with van der Waals surface area (Å²) in [5.41, 5.74) is 0.759. The van der Waals surface area contributed by atoms with Crippen LogP contribution in [0.25, 0.3) is 10.2 Å². The molecule has 3 aromatic rings. The zero-order valence-corrected chi connectivity index (χ0v) is 19.9. The Bertz CT molecular complexity index is 1050. The smallest absolute Gasteiger partial charge is 0.280 e. The number of carbonyl (C=O) groups excluding carboxylic acids is 1. The summed E-state index contributed by atoms with van der Waals surface area (Å²) in [5.74, 6) is 1.17. The van der Waals surface area contributed by atoms with Gasteiger partial charge in [-0.25, -0.2) is 4.98 Å². The van der Waals surface area contributed by atoms with Gasteiger partial charge in [0.05, 0.1) is 16.3 Å². The van der Waals surface area contributed by atoms with Gasteiger partial charge in [-0.15, -0.1) is 11.3 Å². The van der Waals surface area contributed by atoms with Crippen LogP contribution < -0.4 is 10.1 Å². The van der Waals surface area contributed by atoms with Crippen LogP contribution in [0.5, 0.6) is 5.75 Å². The van der Waals surface area contributed by atoms with E-state index in [1.54, 1.807) is 30.3 Å². The fourth-order valence-corrected chi connectivity index (χ4v) is 5.22. The van der Waals surface area contributed by atoms with Crippen molar-refractivity contribution in [3.63, 3.8) is 0 Å². The number of nitrogens with one attached hydrogen (secondary N) is 1. The molecule has 4 rings (SSSR count). The highest BCUT2D eigenvalue weighted by molar-refractivity contribution is 7.20. The van der Waals surface area contributed by atoms with Crippen LogP contribution in [0.2, 0.25) is 10.0 Å². The van der Waals surface area contributed by atoms with Crippen molar-refractivity contribution in [2.24, 2.45) is 5.92 Å². The van der Waals surface area contributed by atoms with Crippen LogP contribution in [0.3, 0.4) is 0 Å². The molecule has 0 bridgehead atoms. The fourth-order valence-electron chi connectivity index (χ4n) is 4.07.